The minimum atomic E-state index is -0.472. The Morgan fingerprint density at radius 1 is 1.00 bits per heavy atom. The van der Waals surface area contributed by atoms with Crippen molar-refractivity contribution in [2.75, 3.05) is 13.1 Å². The molecule has 0 saturated heterocycles. The molecule has 5 rings (SSSR count). The third-order valence-electron chi connectivity index (χ3n) is 7.09. The Morgan fingerprint density at radius 3 is 2.38 bits per heavy atom. The van der Waals surface area contributed by atoms with Gasteiger partial charge in [-0.3, -0.25) is 14.2 Å². The molecule has 7 nitrogen and oxygen atoms in total. The summed E-state index contributed by atoms with van der Waals surface area (Å²) in [6.07, 6.45) is 0.626. The number of benzene rings is 3. The van der Waals surface area contributed by atoms with Crippen LogP contribution in [0.15, 0.2) is 88.1 Å². The summed E-state index contributed by atoms with van der Waals surface area (Å²) in [4.78, 5) is 35.0. The molecule has 0 fully saturated rings. The molecule has 2 N–H and O–H groups in total. The van der Waals surface area contributed by atoms with Crippen molar-refractivity contribution in [3.05, 3.63) is 112 Å². The van der Waals surface area contributed by atoms with Gasteiger partial charge in [0.15, 0.2) is 0 Å². The second-order valence-corrected chi connectivity index (χ2v) is 10.3. The molecule has 0 bridgehead atoms. The molecule has 2 heterocycles. The van der Waals surface area contributed by atoms with Crippen LogP contribution < -0.4 is 11.3 Å². The number of furan rings is 1. The van der Waals surface area contributed by atoms with Crippen LogP contribution in [0.5, 0.6) is 0 Å². The summed E-state index contributed by atoms with van der Waals surface area (Å²) in [7, 11) is 0. The Hall–Kier alpha value is -4.23. The number of fused-ring (bicyclic) bond motifs is 3. The van der Waals surface area contributed by atoms with Gasteiger partial charge in [0, 0.05) is 17.5 Å². The van der Waals surface area contributed by atoms with Crippen molar-refractivity contribution in [3.63, 3.8) is 0 Å². The molecule has 1 amide bonds. The molecule has 0 spiro atoms. The van der Waals surface area contributed by atoms with Crippen molar-refractivity contribution in [1.82, 2.24) is 14.5 Å². The van der Waals surface area contributed by atoms with Crippen LogP contribution in [-0.4, -0.2) is 33.4 Å². The number of nitrogens with two attached hydrogens (primary N) is 1. The van der Waals surface area contributed by atoms with Gasteiger partial charge in [0.05, 0.1) is 12.6 Å². The number of carbonyl (C=O) groups is 1. The van der Waals surface area contributed by atoms with Crippen molar-refractivity contribution in [2.45, 2.75) is 39.8 Å². The van der Waals surface area contributed by atoms with Crippen LogP contribution >= 0.6 is 0 Å². The minimum absolute atomic E-state index is 0.0401. The molecule has 5 aromatic rings. The molecule has 0 unspecified atom stereocenters. The predicted octanol–water partition coefficient (Wildman–Crippen LogP) is 5.69. The van der Waals surface area contributed by atoms with E-state index in [1.165, 1.54) is 0 Å². The van der Waals surface area contributed by atoms with Gasteiger partial charge in [0.1, 0.15) is 16.9 Å². The highest BCUT2D eigenvalue weighted by Gasteiger charge is 2.33. The van der Waals surface area contributed by atoms with Gasteiger partial charge in [-0.2, -0.15) is 0 Å². The zero-order chi connectivity index (χ0) is 27.5. The molecule has 0 saturated carbocycles. The fourth-order valence-electron chi connectivity index (χ4n) is 5.12. The number of amides is 1. The molecule has 2 aromatic heterocycles. The van der Waals surface area contributed by atoms with Gasteiger partial charge in [-0.15, -0.1) is 0 Å². The number of para-hydroxylation sites is 1. The Labute approximate surface area is 227 Å². The molecule has 7 heteroatoms. The fourth-order valence-corrected chi connectivity index (χ4v) is 5.12. The number of carbonyl (C=O) groups excluding carboxylic acids is 1. The van der Waals surface area contributed by atoms with Crippen LogP contribution in [0.1, 0.15) is 53.6 Å². The summed E-state index contributed by atoms with van der Waals surface area (Å²) in [5, 5.41) is 0.776. The van der Waals surface area contributed by atoms with E-state index in [4.69, 9.17) is 15.1 Å². The van der Waals surface area contributed by atoms with E-state index in [0.717, 1.165) is 16.5 Å². The number of aromatic nitrogens is 2. The first kappa shape index (κ1) is 26.4. The third kappa shape index (κ3) is 5.22. The van der Waals surface area contributed by atoms with Gasteiger partial charge in [0.25, 0.3) is 11.5 Å². The summed E-state index contributed by atoms with van der Waals surface area (Å²) in [5.74, 6) is 0.386. The lowest BCUT2D eigenvalue weighted by atomic mass is 9.98. The monoisotopic (exact) mass is 522 g/mol. The molecule has 1 atom stereocenters. The lowest BCUT2D eigenvalue weighted by Crippen LogP contribution is -2.42. The Bertz CT molecular complexity index is 1650. The largest absolute Gasteiger partial charge is 0.448 e. The van der Waals surface area contributed by atoms with E-state index >= 15 is 0 Å². The van der Waals surface area contributed by atoms with Crippen LogP contribution in [0, 0.1) is 12.8 Å². The van der Waals surface area contributed by atoms with E-state index in [2.05, 4.69) is 13.8 Å². The van der Waals surface area contributed by atoms with Gasteiger partial charge in [-0.1, -0.05) is 74.0 Å². The number of aryl methyl sites for hydroxylation is 1. The Kier molecular flexibility index (Phi) is 7.61. The van der Waals surface area contributed by atoms with Gasteiger partial charge in [0.2, 0.25) is 5.58 Å². The van der Waals surface area contributed by atoms with Crippen LogP contribution in [-0.2, 0) is 6.54 Å². The third-order valence-corrected chi connectivity index (χ3v) is 7.09. The average Bonchev–Trinajstić information content (AvgIpc) is 3.32. The van der Waals surface area contributed by atoms with E-state index in [1.807, 2.05) is 90.7 Å². The van der Waals surface area contributed by atoms with Crippen LogP contribution in [0.2, 0.25) is 0 Å². The number of rotatable bonds is 9. The van der Waals surface area contributed by atoms with Crippen LogP contribution in [0.3, 0.4) is 0 Å². The van der Waals surface area contributed by atoms with E-state index in [1.54, 1.807) is 4.57 Å². The van der Waals surface area contributed by atoms with E-state index in [9.17, 15) is 9.59 Å². The first-order valence-corrected chi connectivity index (χ1v) is 13.4. The lowest BCUT2D eigenvalue weighted by Gasteiger charge is -2.35. The predicted molar refractivity (Wildman–Crippen MR) is 155 cm³/mol. The van der Waals surface area contributed by atoms with Crippen molar-refractivity contribution in [3.8, 4) is 0 Å². The number of hydrogen-bond acceptors (Lipinski definition) is 5. The lowest BCUT2D eigenvalue weighted by molar-refractivity contribution is 0.0602. The summed E-state index contributed by atoms with van der Waals surface area (Å²) in [6.45, 7) is 7.30. The van der Waals surface area contributed by atoms with E-state index in [0.29, 0.717) is 48.5 Å². The second-order valence-electron chi connectivity index (χ2n) is 10.3. The second kappa shape index (κ2) is 11.3. The first-order valence-electron chi connectivity index (χ1n) is 13.4. The molecule has 200 valence electrons. The highest BCUT2D eigenvalue weighted by Crippen LogP contribution is 2.32. The highest BCUT2D eigenvalue weighted by atomic mass is 16.3. The summed E-state index contributed by atoms with van der Waals surface area (Å²) >= 11 is 0. The van der Waals surface area contributed by atoms with Crippen molar-refractivity contribution in [1.29, 1.82) is 0 Å². The van der Waals surface area contributed by atoms with E-state index in [-0.39, 0.29) is 23.0 Å². The highest BCUT2D eigenvalue weighted by molar-refractivity contribution is 6.02. The standard InChI is InChI=1S/C32H34N4O3/c1-21(2)28(35(19-9-18-33)31(37)24-16-14-22(3)15-17-24)30-34-27-25-12-7-8-13-26(25)39-29(27)32(38)36(30)20-23-10-5-4-6-11-23/h4-8,10-17,21,28H,9,18-20,33H2,1-3H3/t28-/m1/s1. The quantitative estimate of drug-likeness (QED) is 0.268. The maximum atomic E-state index is 14.1. The van der Waals surface area contributed by atoms with Gasteiger partial charge in [-0.25, -0.2) is 4.98 Å². The SMILES string of the molecule is Cc1ccc(C(=O)N(CCCN)[C@@H](c2nc3c(oc4ccccc43)c(=O)n2Cc2ccccc2)C(C)C)cc1. The van der Waals surface area contributed by atoms with Gasteiger partial charge < -0.3 is 15.1 Å². The summed E-state index contributed by atoms with van der Waals surface area (Å²) in [6, 6.07) is 24.4. The van der Waals surface area contributed by atoms with Crippen molar-refractivity contribution >= 4 is 28.0 Å². The molecule has 0 aliphatic carbocycles. The maximum absolute atomic E-state index is 14.1. The molecule has 0 radical (unpaired) electrons. The maximum Gasteiger partial charge on any atom is 0.297 e. The zero-order valence-corrected chi connectivity index (χ0v) is 22.6. The Morgan fingerprint density at radius 2 is 1.69 bits per heavy atom. The zero-order valence-electron chi connectivity index (χ0n) is 22.6. The van der Waals surface area contributed by atoms with Gasteiger partial charge in [-0.05, 0) is 55.6 Å². The number of hydrogen-bond donors (Lipinski definition) is 1. The molecule has 0 aliphatic heterocycles. The summed E-state index contributed by atoms with van der Waals surface area (Å²) in [5.41, 5.74) is 9.62. The fraction of sp³-hybridized carbons (Fsp3) is 0.281. The van der Waals surface area contributed by atoms with Crippen LogP contribution in [0.25, 0.3) is 22.1 Å². The summed E-state index contributed by atoms with van der Waals surface area (Å²) < 4.78 is 7.69. The first-order chi connectivity index (χ1) is 18.9. The average molecular weight is 523 g/mol. The molecule has 39 heavy (non-hydrogen) atoms. The van der Waals surface area contributed by atoms with Crippen molar-refractivity contribution < 1.29 is 9.21 Å². The topological polar surface area (TPSA) is 94.4 Å². The van der Waals surface area contributed by atoms with Gasteiger partial charge >= 0.3 is 0 Å². The van der Waals surface area contributed by atoms with E-state index < -0.39 is 6.04 Å². The normalized spacial score (nSPS) is 12.3. The van der Waals surface area contributed by atoms with Crippen molar-refractivity contribution in [2.24, 2.45) is 11.7 Å². The molecule has 0 aliphatic rings. The molecule has 3 aromatic carbocycles. The Balaban J connectivity index is 1.74. The number of nitrogens with zero attached hydrogens (tertiary/aromatic N) is 3. The minimum Gasteiger partial charge on any atom is -0.448 e. The molecular weight excluding hydrogens is 488 g/mol. The van der Waals surface area contributed by atoms with Crippen LogP contribution in [0.4, 0.5) is 0 Å². The smallest absolute Gasteiger partial charge is 0.297 e. The molecular formula is C32H34N4O3.